The summed E-state index contributed by atoms with van der Waals surface area (Å²) in [7, 11) is 1.66. The highest BCUT2D eigenvalue weighted by Gasteiger charge is 2.10. The monoisotopic (exact) mass is 235 g/mol. The average molecular weight is 236 g/mol. The lowest BCUT2D eigenvalue weighted by Crippen LogP contribution is -2.11. The quantitative estimate of drug-likeness (QED) is 0.614. The van der Waals surface area contributed by atoms with Gasteiger partial charge in [0.15, 0.2) is 0 Å². The van der Waals surface area contributed by atoms with Crippen LogP contribution in [-0.4, -0.2) is 7.05 Å². The van der Waals surface area contributed by atoms with Crippen molar-refractivity contribution >= 4 is 15.9 Å². The van der Waals surface area contributed by atoms with Crippen LogP contribution in [0.2, 0.25) is 0 Å². The molecule has 0 amide bonds. The van der Waals surface area contributed by atoms with Crippen molar-refractivity contribution in [3.8, 4) is 0 Å². The summed E-state index contributed by atoms with van der Waals surface area (Å²) in [5.41, 5.74) is 0.275. The highest BCUT2D eigenvalue weighted by atomic mass is 79.9. The molecule has 1 nitrogen and oxygen atoms in total. The van der Waals surface area contributed by atoms with Gasteiger partial charge in [0.1, 0.15) is 11.6 Å². The lowest BCUT2D eigenvalue weighted by Gasteiger charge is -2.09. The van der Waals surface area contributed by atoms with Crippen LogP contribution in [0.4, 0.5) is 8.78 Å². The number of nitrogens with one attached hydrogen (secondary N) is 1. The number of hydrogen-bond acceptors (Lipinski definition) is 1. The van der Waals surface area contributed by atoms with Crippen molar-refractivity contribution < 1.29 is 8.78 Å². The van der Waals surface area contributed by atoms with Crippen LogP contribution in [0.15, 0.2) is 18.2 Å². The third-order valence-corrected chi connectivity index (χ3v) is 2.44. The van der Waals surface area contributed by atoms with Crippen LogP contribution in [0, 0.1) is 11.6 Å². The fourth-order valence-corrected chi connectivity index (χ4v) is 1.22. The molecule has 0 aliphatic rings. The maximum atomic E-state index is 13.0. The van der Waals surface area contributed by atoms with Gasteiger partial charge in [-0.3, -0.25) is 0 Å². The Morgan fingerprint density at radius 1 is 1.42 bits per heavy atom. The van der Waals surface area contributed by atoms with Gasteiger partial charge >= 0.3 is 0 Å². The van der Waals surface area contributed by atoms with E-state index in [9.17, 15) is 8.78 Å². The van der Waals surface area contributed by atoms with E-state index in [4.69, 9.17) is 0 Å². The molecular weight excluding hydrogens is 228 g/mol. The summed E-state index contributed by atoms with van der Waals surface area (Å²) in [6.45, 7) is 0. The van der Waals surface area contributed by atoms with E-state index in [1.54, 1.807) is 7.05 Å². The summed E-state index contributed by atoms with van der Waals surface area (Å²) in [6.07, 6.45) is 0. The topological polar surface area (TPSA) is 12.0 Å². The van der Waals surface area contributed by atoms with Gasteiger partial charge in [-0.1, -0.05) is 15.9 Å². The Hall–Kier alpha value is -0.480. The predicted molar refractivity (Wildman–Crippen MR) is 47.1 cm³/mol. The zero-order chi connectivity index (χ0) is 9.14. The molecule has 0 aliphatic carbocycles. The van der Waals surface area contributed by atoms with Gasteiger partial charge in [0.05, 0.1) is 4.95 Å². The predicted octanol–water partition coefficient (Wildman–Crippen LogP) is 2.58. The Morgan fingerprint density at radius 3 is 2.67 bits per heavy atom. The first kappa shape index (κ1) is 9.61. The molecule has 0 saturated carbocycles. The largest absolute Gasteiger partial charge is 0.304 e. The molecule has 1 unspecified atom stereocenters. The number of alkyl halides is 1. The van der Waals surface area contributed by atoms with Gasteiger partial charge in [0.25, 0.3) is 0 Å². The second-order valence-corrected chi connectivity index (χ2v) is 3.23. The Kier molecular flexibility index (Phi) is 3.17. The molecule has 0 aliphatic heterocycles. The summed E-state index contributed by atoms with van der Waals surface area (Å²) in [5, 5.41) is 2.76. The smallest absolute Gasteiger partial charge is 0.129 e. The molecule has 0 saturated heterocycles. The van der Waals surface area contributed by atoms with Crippen LogP contribution in [0.5, 0.6) is 0 Å². The zero-order valence-electron chi connectivity index (χ0n) is 6.44. The van der Waals surface area contributed by atoms with E-state index in [1.807, 2.05) is 0 Å². The van der Waals surface area contributed by atoms with Crippen molar-refractivity contribution in [2.75, 3.05) is 7.05 Å². The van der Waals surface area contributed by atoms with Gasteiger partial charge < -0.3 is 5.32 Å². The second kappa shape index (κ2) is 3.96. The van der Waals surface area contributed by atoms with Gasteiger partial charge in [0, 0.05) is 5.56 Å². The van der Waals surface area contributed by atoms with E-state index in [0.717, 1.165) is 18.2 Å². The number of rotatable bonds is 2. The van der Waals surface area contributed by atoms with E-state index in [1.165, 1.54) is 0 Å². The molecule has 0 spiro atoms. The van der Waals surface area contributed by atoms with Crippen molar-refractivity contribution in [3.05, 3.63) is 35.4 Å². The van der Waals surface area contributed by atoms with Crippen LogP contribution in [0.25, 0.3) is 0 Å². The average Bonchev–Trinajstić information content (AvgIpc) is 2.08. The summed E-state index contributed by atoms with van der Waals surface area (Å²) in [6, 6.07) is 3.36. The fourth-order valence-electron chi connectivity index (χ4n) is 0.864. The summed E-state index contributed by atoms with van der Waals surface area (Å²) in [5.74, 6) is -0.862. The molecule has 0 bridgehead atoms. The van der Waals surface area contributed by atoms with E-state index in [-0.39, 0.29) is 10.5 Å². The van der Waals surface area contributed by atoms with Crippen molar-refractivity contribution in [1.82, 2.24) is 5.32 Å². The lowest BCUT2D eigenvalue weighted by molar-refractivity contribution is 0.577. The first-order valence-corrected chi connectivity index (χ1v) is 4.33. The van der Waals surface area contributed by atoms with Gasteiger partial charge in [0.2, 0.25) is 0 Å². The van der Waals surface area contributed by atoms with Crippen LogP contribution in [-0.2, 0) is 0 Å². The Labute approximate surface area is 77.9 Å². The van der Waals surface area contributed by atoms with Crippen LogP contribution >= 0.6 is 15.9 Å². The van der Waals surface area contributed by atoms with Gasteiger partial charge in [-0.25, -0.2) is 8.78 Å². The highest BCUT2D eigenvalue weighted by Crippen LogP contribution is 2.22. The third kappa shape index (κ3) is 2.01. The van der Waals surface area contributed by atoms with E-state index < -0.39 is 11.6 Å². The molecule has 1 aromatic rings. The minimum Gasteiger partial charge on any atom is -0.304 e. The molecule has 0 aromatic heterocycles. The van der Waals surface area contributed by atoms with Crippen molar-refractivity contribution in [2.24, 2.45) is 0 Å². The Bertz CT molecular complexity index is 278. The minimum absolute atomic E-state index is 0.275. The molecule has 1 N–H and O–H groups in total. The molecule has 66 valence electrons. The van der Waals surface area contributed by atoms with Gasteiger partial charge in [-0.15, -0.1) is 0 Å². The summed E-state index contributed by atoms with van der Waals surface area (Å²) < 4.78 is 25.6. The minimum atomic E-state index is -0.439. The maximum Gasteiger partial charge on any atom is 0.129 e. The molecule has 12 heavy (non-hydrogen) atoms. The molecular formula is C8H8BrF2N. The van der Waals surface area contributed by atoms with Crippen LogP contribution in [0.3, 0.4) is 0 Å². The van der Waals surface area contributed by atoms with E-state index in [2.05, 4.69) is 21.2 Å². The van der Waals surface area contributed by atoms with Crippen molar-refractivity contribution in [2.45, 2.75) is 4.95 Å². The molecule has 4 heteroatoms. The number of hydrogen-bond donors (Lipinski definition) is 1. The maximum absolute atomic E-state index is 13.0. The first-order chi connectivity index (χ1) is 5.65. The molecule has 1 atom stereocenters. The second-order valence-electron chi connectivity index (χ2n) is 2.32. The van der Waals surface area contributed by atoms with Crippen LogP contribution in [0.1, 0.15) is 10.5 Å². The highest BCUT2D eigenvalue weighted by molar-refractivity contribution is 9.09. The van der Waals surface area contributed by atoms with E-state index >= 15 is 0 Å². The number of benzene rings is 1. The lowest BCUT2D eigenvalue weighted by atomic mass is 10.2. The van der Waals surface area contributed by atoms with Crippen molar-refractivity contribution in [1.29, 1.82) is 0 Å². The van der Waals surface area contributed by atoms with Gasteiger partial charge in [-0.2, -0.15) is 0 Å². The Morgan fingerprint density at radius 2 is 2.08 bits per heavy atom. The standard InChI is InChI=1S/C8H8BrF2N/c1-12-8(9)6-4-5(10)2-3-7(6)11/h2-4,8,12H,1H3. The summed E-state index contributed by atoms with van der Waals surface area (Å²) in [4.78, 5) is -0.354. The Balaban J connectivity index is 3.04. The third-order valence-electron chi connectivity index (χ3n) is 1.48. The van der Waals surface area contributed by atoms with Gasteiger partial charge in [-0.05, 0) is 25.2 Å². The normalized spacial score (nSPS) is 13.0. The summed E-state index contributed by atoms with van der Waals surface area (Å²) >= 11 is 3.15. The first-order valence-electron chi connectivity index (χ1n) is 3.41. The zero-order valence-corrected chi connectivity index (χ0v) is 8.03. The molecule has 0 heterocycles. The van der Waals surface area contributed by atoms with Crippen LogP contribution < -0.4 is 5.32 Å². The fraction of sp³-hybridized carbons (Fsp3) is 0.250. The van der Waals surface area contributed by atoms with Crippen molar-refractivity contribution in [3.63, 3.8) is 0 Å². The molecule has 1 aromatic carbocycles. The SMILES string of the molecule is CNC(Br)c1cc(F)ccc1F. The molecule has 0 fully saturated rings. The molecule has 0 radical (unpaired) electrons. The molecule has 1 rings (SSSR count). The van der Waals surface area contributed by atoms with E-state index in [0.29, 0.717) is 0 Å². The number of halogens is 3.